The number of para-hydroxylation sites is 1. The van der Waals surface area contributed by atoms with Crippen molar-refractivity contribution >= 4 is 33.7 Å². The Bertz CT molecular complexity index is 1690. The van der Waals surface area contributed by atoms with Gasteiger partial charge in [-0.25, -0.2) is 9.97 Å². The maximum atomic E-state index is 12.0. The van der Waals surface area contributed by atoms with Crippen molar-refractivity contribution in [3.63, 3.8) is 0 Å². The normalized spacial score (nSPS) is 11.4. The van der Waals surface area contributed by atoms with Gasteiger partial charge in [-0.05, 0) is 29.7 Å². The number of anilines is 1. The van der Waals surface area contributed by atoms with Gasteiger partial charge in [-0.2, -0.15) is 0 Å². The van der Waals surface area contributed by atoms with E-state index in [0.29, 0.717) is 17.9 Å². The number of nitrogen functional groups attached to an aromatic ring is 1. The lowest BCUT2D eigenvalue weighted by molar-refractivity contribution is 0.0998. The van der Waals surface area contributed by atoms with Crippen molar-refractivity contribution < 1.29 is 20.1 Å². The maximum Gasteiger partial charge on any atom is 0.249 e. The third-order valence-corrected chi connectivity index (χ3v) is 6.78. The average molecular weight is 512 g/mol. The first-order chi connectivity index (χ1) is 18.3. The number of hydrogen-bond acceptors (Lipinski definition) is 7. The second-order valence-corrected chi connectivity index (χ2v) is 9.41. The lowest BCUT2D eigenvalue weighted by Gasteiger charge is -2.14. The number of benzene rings is 3. The molecule has 38 heavy (non-hydrogen) atoms. The van der Waals surface area contributed by atoms with Gasteiger partial charge in [-0.1, -0.05) is 55.8 Å². The van der Waals surface area contributed by atoms with Crippen molar-refractivity contribution in [1.29, 1.82) is 0 Å². The number of unbranched alkanes of at least 4 members (excludes halogenated alkanes) is 1. The minimum atomic E-state index is -0.815. The fourth-order valence-corrected chi connectivity index (χ4v) is 4.91. The van der Waals surface area contributed by atoms with Gasteiger partial charge >= 0.3 is 0 Å². The van der Waals surface area contributed by atoms with E-state index < -0.39 is 23.2 Å². The average Bonchev–Trinajstić information content (AvgIpc) is 3.26. The molecule has 194 valence electrons. The highest BCUT2D eigenvalue weighted by atomic mass is 16.3. The Morgan fingerprint density at radius 1 is 0.974 bits per heavy atom. The molecule has 5 rings (SSSR count). The summed E-state index contributed by atoms with van der Waals surface area (Å²) in [7, 11) is 0. The SMILES string of the molecule is CCCCc1nc2c(N)nc3ccccc3c2n1Cc1cccc(Cc2c(C(N)=O)cc(O)c(O)c2O)c1. The van der Waals surface area contributed by atoms with E-state index in [0.717, 1.165) is 58.7 Å². The number of nitrogens with two attached hydrogens (primary N) is 2. The molecule has 0 aliphatic rings. The fourth-order valence-electron chi connectivity index (χ4n) is 4.91. The number of carbonyl (C=O) groups excluding carboxylic acids is 1. The van der Waals surface area contributed by atoms with Crippen LogP contribution >= 0.6 is 0 Å². The summed E-state index contributed by atoms with van der Waals surface area (Å²) in [5.74, 6) is -1.36. The van der Waals surface area contributed by atoms with Gasteiger partial charge in [0.25, 0.3) is 0 Å². The number of rotatable bonds is 8. The largest absolute Gasteiger partial charge is 0.504 e. The van der Waals surface area contributed by atoms with Gasteiger partial charge in [0.15, 0.2) is 17.3 Å². The van der Waals surface area contributed by atoms with E-state index in [9.17, 15) is 20.1 Å². The van der Waals surface area contributed by atoms with Crippen molar-refractivity contribution in [1.82, 2.24) is 14.5 Å². The summed E-state index contributed by atoms with van der Waals surface area (Å²) >= 11 is 0. The van der Waals surface area contributed by atoms with Gasteiger partial charge in [-0.3, -0.25) is 4.79 Å². The molecule has 0 unspecified atom stereocenters. The van der Waals surface area contributed by atoms with Crippen molar-refractivity contribution in [2.75, 3.05) is 5.73 Å². The molecular weight excluding hydrogens is 482 g/mol. The molecule has 2 aromatic heterocycles. The van der Waals surface area contributed by atoms with Crippen molar-refractivity contribution in [2.24, 2.45) is 5.73 Å². The van der Waals surface area contributed by atoms with Crippen LogP contribution in [0.1, 0.15) is 52.6 Å². The van der Waals surface area contributed by atoms with Crippen LogP contribution in [0.4, 0.5) is 5.82 Å². The molecule has 0 aliphatic carbocycles. The van der Waals surface area contributed by atoms with E-state index in [2.05, 4.69) is 16.5 Å². The van der Waals surface area contributed by atoms with E-state index in [1.807, 2.05) is 48.5 Å². The second-order valence-electron chi connectivity index (χ2n) is 9.41. The number of pyridine rings is 1. The van der Waals surface area contributed by atoms with Crippen LogP contribution < -0.4 is 11.5 Å². The molecule has 7 N–H and O–H groups in total. The first-order valence-electron chi connectivity index (χ1n) is 12.5. The number of aryl methyl sites for hydroxylation is 1. The molecule has 0 saturated carbocycles. The summed E-state index contributed by atoms with van der Waals surface area (Å²) in [6.07, 6.45) is 2.92. The summed E-state index contributed by atoms with van der Waals surface area (Å²) in [6.45, 7) is 2.66. The molecule has 3 aromatic carbocycles. The van der Waals surface area contributed by atoms with E-state index >= 15 is 0 Å². The van der Waals surface area contributed by atoms with Crippen LogP contribution in [0.25, 0.3) is 21.9 Å². The van der Waals surface area contributed by atoms with Crippen LogP contribution in [0.15, 0.2) is 54.6 Å². The van der Waals surface area contributed by atoms with Gasteiger partial charge in [0.1, 0.15) is 11.3 Å². The number of phenols is 3. The lowest BCUT2D eigenvalue weighted by Crippen LogP contribution is -2.14. The van der Waals surface area contributed by atoms with Gasteiger partial charge in [-0.15, -0.1) is 0 Å². The van der Waals surface area contributed by atoms with Gasteiger partial charge < -0.3 is 31.4 Å². The molecule has 0 atom stereocenters. The molecule has 2 heterocycles. The first kappa shape index (κ1) is 24.9. The Hall–Kier alpha value is -4.79. The summed E-state index contributed by atoms with van der Waals surface area (Å²) in [6, 6.07) is 16.6. The highest BCUT2D eigenvalue weighted by molar-refractivity contribution is 6.06. The number of imidazole rings is 1. The summed E-state index contributed by atoms with van der Waals surface area (Å²) in [5.41, 5.74) is 16.1. The zero-order valence-corrected chi connectivity index (χ0v) is 21.0. The Morgan fingerprint density at radius 3 is 2.50 bits per heavy atom. The Balaban J connectivity index is 1.59. The molecule has 0 fully saturated rings. The Kier molecular flexibility index (Phi) is 6.50. The fraction of sp³-hybridized carbons (Fsp3) is 0.207. The van der Waals surface area contributed by atoms with Crippen molar-refractivity contribution in [3.05, 3.63) is 82.7 Å². The van der Waals surface area contributed by atoms with Crippen molar-refractivity contribution in [2.45, 2.75) is 39.2 Å². The number of phenolic OH excluding ortho intramolecular Hbond substituents is 3. The van der Waals surface area contributed by atoms with Crippen LogP contribution in [0.2, 0.25) is 0 Å². The minimum Gasteiger partial charge on any atom is -0.504 e. The highest BCUT2D eigenvalue weighted by Crippen LogP contribution is 2.40. The predicted octanol–water partition coefficient (Wildman–Crippen LogP) is 4.36. The maximum absolute atomic E-state index is 12.0. The summed E-state index contributed by atoms with van der Waals surface area (Å²) < 4.78 is 2.18. The molecule has 0 saturated heterocycles. The zero-order valence-electron chi connectivity index (χ0n) is 21.0. The van der Waals surface area contributed by atoms with E-state index in [-0.39, 0.29) is 17.5 Å². The number of amides is 1. The smallest absolute Gasteiger partial charge is 0.249 e. The Morgan fingerprint density at radius 2 is 1.74 bits per heavy atom. The molecule has 9 nitrogen and oxygen atoms in total. The van der Waals surface area contributed by atoms with Crippen LogP contribution in [0.5, 0.6) is 17.2 Å². The van der Waals surface area contributed by atoms with E-state index in [1.54, 1.807) is 0 Å². The van der Waals surface area contributed by atoms with Gasteiger partial charge in [0.2, 0.25) is 11.7 Å². The van der Waals surface area contributed by atoms with Crippen molar-refractivity contribution in [3.8, 4) is 17.2 Å². The quantitative estimate of drug-likeness (QED) is 0.193. The number of primary amides is 1. The van der Waals surface area contributed by atoms with E-state index in [4.69, 9.17) is 16.5 Å². The molecule has 9 heteroatoms. The monoisotopic (exact) mass is 511 g/mol. The molecule has 0 aliphatic heterocycles. The van der Waals surface area contributed by atoms with Crippen LogP contribution in [0.3, 0.4) is 0 Å². The Labute approximate surface area is 219 Å². The standard InChI is InChI=1S/C29H29N5O4/c1-2-3-11-23-33-24-25(18-9-4-5-10-21(18)32-28(24)30)34(23)15-17-8-6-7-16(12-17)13-19-20(29(31)38)14-22(35)27(37)26(19)36/h4-10,12,14,35-37H,2-3,11,13,15H2,1H3,(H2,30,32)(H2,31,38). The van der Waals surface area contributed by atoms with E-state index in [1.165, 1.54) is 0 Å². The zero-order chi connectivity index (χ0) is 27.0. The molecular formula is C29H29N5O4. The number of carbonyl (C=O) groups is 1. The molecule has 5 aromatic rings. The summed E-state index contributed by atoms with van der Waals surface area (Å²) in [5, 5.41) is 31.3. The molecule has 0 bridgehead atoms. The lowest BCUT2D eigenvalue weighted by atomic mass is 9.96. The second kappa shape index (κ2) is 9.93. The first-order valence-corrected chi connectivity index (χ1v) is 12.5. The molecule has 0 radical (unpaired) electrons. The molecule has 0 spiro atoms. The third kappa shape index (κ3) is 4.43. The molecule has 1 amide bonds. The number of nitrogens with zero attached hydrogens (tertiary/aromatic N) is 3. The number of aromatic nitrogens is 3. The van der Waals surface area contributed by atoms with Gasteiger partial charge in [0, 0.05) is 30.3 Å². The van der Waals surface area contributed by atoms with Crippen LogP contribution in [-0.4, -0.2) is 35.8 Å². The highest BCUT2D eigenvalue weighted by Gasteiger charge is 2.21. The minimum absolute atomic E-state index is 0.0555. The topological polar surface area (TPSA) is 161 Å². The number of hydrogen-bond donors (Lipinski definition) is 5. The van der Waals surface area contributed by atoms with Crippen LogP contribution in [0, 0.1) is 0 Å². The number of fused-ring (bicyclic) bond motifs is 3. The third-order valence-electron chi connectivity index (χ3n) is 6.78. The number of aromatic hydroxyl groups is 3. The predicted molar refractivity (Wildman–Crippen MR) is 146 cm³/mol. The van der Waals surface area contributed by atoms with Crippen LogP contribution in [-0.2, 0) is 19.4 Å². The summed E-state index contributed by atoms with van der Waals surface area (Å²) in [4.78, 5) is 21.4. The van der Waals surface area contributed by atoms with Gasteiger partial charge in [0.05, 0.1) is 16.6 Å².